The van der Waals surface area contributed by atoms with E-state index >= 15 is 0 Å². The van der Waals surface area contributed by atoms with Crippen LogP contribution >= 0.6 is 0 Å². The first kappa shape index (κ1) is 13.8. The second kappa shape index (κ2) is 4.92. The van der Waals surface area contributed by atoms with E-state index in [1.807, 2.05) is 0 Å². The summed E-state index contributed by atoms with van der Waals surface area (Å²) in [6, 6.07) is 3.78. The van der Waals surface area contributed by atoms with Crippen LogP contribution in [-0.4, -0.2) is 16.8 Å². The highest BCUT2D eigenvalue weighted by molar-refractivity contribution is 5.85. The normalized spacial score (nSPS) is 10.6. The number of carbonyl (C=O) groups is 1. The van der Waals surface area contributed by atoms with Gasteiger partial charge in [-0.2, -0.15) is 5.26 Å². The molecule has 6 heteroatoms. The number of hydrogen-bond acceptors (Lipinski definition) is 4. The van der Waals surface area contributed by atoms with E-state index in [-0.39, 0.29) is 5.69 Å². The van der Waals surface area contributed by atoms with Crippen LogP contribution in [0, 0.1) is 17.1 Å². The molecule has 2 N–H and O–H groups in total. The number of nitrogens with one attached hydrogen (secondary N) is 1. The highest BCUT2D eigenvalue weighted by Crippen LogP contribution is 2.26. The van der Waals surface area contributed by atoms with Crippen LogP contribution in [-0.2, 0) is 4.74 Å². The van der Waals surface area contributed by atoms with E-state index in [0.717, 1.165) is 12.1 Å². The van der Waals surface area contributed by atoms with Crippen molar-refractivity contribution in [1.29, 1.82) is 5.26 Å². The van der Waals surface area contributed by atoms with E-state index in [9.17, 15) is 14.3 Å². The monoisotopic (exact) mass is 252 g/mol. The van der Waals surface area contributed by atoms with Crippen LogP contribution in [0.15, 0.2) is 12.1 Å². The summed E-state index contributed by atoms with van der Waals surface area (Å²) in [6.45, 7) is 5.00. The molecule has 0 saturated carbocycles. The summed E-state index contributed by atoms with van der Waals surface area (Å²) in [5.41, 5.74) is -1.46. The molecule has 1 amide bonds. The molecule has 1 rings (SSSR count). The predicted octanol–water partition coefficient (Wildman–Crippen LogP) is 2.75. The maximum atomic E-state index is 13.7. The summed E-state index contributed by atoms with van der Waals surface area (Å²) in [4.78, 5) is 11.4. The molecule has 18 heavy (non-hydrogen) atoms. The van der Waals surface area contributed by atoms with Gasteiger partial charge in [0.2, 0.25) is 0 Å². The molecule has 1 aromatic carbocycles. The molecule has 5 nitrogen and oxygen atoms in total. The standard InChI is InChI=1S/C12H13FN2O3/c1-12(2,3)18-11(17)15-8-4-5-9(16)7(6-14)10(8)13/h4-5,16H,1-3H3,(H,15,17). The first-order valence-corrected chi connectivity index (χ1v) is 5.16. The maximum absolute atomic E-state index is 13.7. The molecule has 0 saturated heterocycles. The van der Waals surface area contributed by atoms with E-state index in [1.54, 1.807) is 20.8 Å². The number of halogens is 1. The molecule has 0 aliphatic heterocycles. The number of anilines is 1. The maximum Gasteiger partial charge on any atom is 0.412 e. The molecule has 0 heterocycles. The summed E-state index contributed by atoms with van der Waals surface area (Å²) in [7, 11) is 0. The first-order valence-electron chi connectivity index (χ1n) is 5.16. The van der Waals surface area contributed by atoms with Gasteiger partial charge in [0.25, 0.3) is 0 Å². The summed E-state index contributed by atoms with van der Waals surface area (Å²) in [6.07, 6.45) is -0.837. The predicted molar refractivity (Wildman–Crippen MR) is 62.6 cm³/mol. The Balaban J connectivity index is 2.94. The largest absolute Gasteiger partial charge is 0.506 e. The molecule has 0 aromatic heterocycles. The van der Waals surface area contributed by atoms with Gasteiger partial charge in [0, 0.05) is 0 Å². The lowest BCUT2D eigenvalue weighted by Crippen LogP contribution is -2.27. The number of phenols is 1. The minimum atomic E-state index is -0.997. The van der Waals surface area contributed by atoms with E-state index in [1.165, 1.54) is 6.07 Å². The summed E-state index contributed by atoms with van der Waals surface area (Å²) in [5.74, 6) is -1.48. The Bertz CT molecular complexity index is 515. The molecular formula is C12H13FN2O3. The number of phenolic OH excluding ortho intramolecular Hbond substituents is 1. The number of aromatic hydroxyl groups is 1. The fraction of sp³-hybridized carbons (Fsp3) is 0.333. The van der Waals surface area contributed by atoms with Gasteiger partial charge in [-0.1, -0.05) is 0 Å². The lowest BCUT2D eigenvalue weighted by molar-refractivity contribution is 0.0635. The van der Waals surface area contributed by atoms with Crippen molar-refractivity contribution in [1.82, 2.24) is 0 Å². The Morgan fingerprint density at radius 2 is 2.11 bits per heavy atom. The van der Waals surface area contributed by atoms with Crippen molar-refractivity contribution >= 4 is 11.8 Å². The molecule has 0 atom stereocenters. The third-order valence-corrected chi connectivity index (χ3v) is 1.87. The molecule has 0 spiro atoms. The number of carbonyl (C=O) groups excluding carboxylic acids is 1. The Kier molecular flexibility index (Phi) is 3.76. The van der Waals surface area contributed by atoms with Gasteiger partial charge < -0.3 is 9.84 Å². The van der Waals surface area contributed by atoms with Gasteiger partial charge in [-0.3, -0.25) is 5.32 Å². The van der Waals surface area contributed by atoms with Crippen molar-refractivity contribution in [2.24, 2.45) is 0 Å². The van der Waals surface area contributed by atoms with Crippen LogP contribution in [0.25, 0.3) is 0 Å². The van der Waals surface area contributed by atoms with Gasteiger partial charge in [-0.05, 0) is 32.9 Å². The second-order valence-electron chi connectivity index (χ2n) is 4.56. The molecule has 0 aliphatic carbocycles. The van der Waals surface area contributed by atoms with E-state index in [4.69, 9.17) is 10.00 Å². The topological polar surface area (TPSA) is 82.3 Å². The molecule has 0 unspecified atom stereocenters. The minimum absolute atomic E-state index is 0.224. The van der Waals surface area contributed by atoms with E-state index in [2.05, 4.69) is 5.32 Å². The Hall–Kier alpha value is -2.29. The van der Waals surface area contributed by atoms with Crippen LogP contribution in [0.5, 0.6) is 5.75 Å². The van der Waals surface area contributed by atoms with Gasteiger partial charge in [0.1, 0.15) is 23.0 Å². The Morgan fingerprint density at radius 1 is 1.50 bits per heavy atom. The van der Waals surface area contributed by atoms with Crippen LogP contribution in [0.4, 0.5) is 14.9 Å². The quantitative estimate of drug-likeness (QED) is 0.753. The molecule has 96 valence electrons. The second-order valence-corrected chi connectivity index (χ2v) is 4.56. The van der Waals surface area contributed by atoms with Crippen molar-refractivity contribution in [3.05, 3.63) is 23.5 Å². The lowest BCUT2D eigenvalue weighted by atomic mass is 10.2. The van der Waals surface area contributed by atoms with Gasteiger partial charge in [-0.25, -0.2) is 9.18 Å². The third kappa shape index (κ3) is 3.35. The first-order chi connectivity index (χ1) is 8.24. The van der Waals surface area contributed by atoms with Crippen LogP contribution in [0.3, 0.4) is 0 Å². The number of amides is 1. The number of rotatable bonds is 1. The smallest absolute Gasteiger partial charge is 0.412 e. The number of hydrogen-bond donors (Lipinski definition) is 2. The average Bonchev–Trinajstić information content (AvgIpc) is 2.20. The molecule has 0 bridgehead atoms. The minimum Gasteiger partial charge on any atom is -0.506 e. The van der Waals surface area contributed by atoms with E-state index < -0.39 is 28.8 Å². The zero-order chi connectivity index (χ0) is 13.9. The van der Waals surface area contributed by atoms with Crippen LogP contribution in [0.1, 0.15) is 26.3 Å². The molecule has 1 aromatic rings. The molecular weight excluding hydrogens is 239 g/mol. The number of ether oxygens (including phenoxy) is 1. The Morgan fingerprint density at radius 3 is 2.61 bits per heavy atom. The van der Waals surface area contributed by atoms with Crippen molar-refractivity contribution in [3.63, 3.8) is 0 Å². The number of benzene rings is 1. The van der Waals surface area contributed by atoms with Crippen molar-refractivity contribution in [3.8, 4) is 11.8 Å². The van der Waals surface area contributed by atoms with Crippen LogP contribution < -0.4 is 5.32 Å². The molecule has 0 radical (unpaired) electrons. The zero-order valence-corrected chi connectivity index (χ0v) is 10.2. The SMILES string of the molecule is CC(C)(C)OC(=O)Nc1ccc(O)c(C#N)c1F. The van der Waals surface area contributed by atoms with Gasteiger partial charge in [0.05, 0.1) is 5.69 Å². The van der Waals surface area contributed by atoms with Crippen molar-refractivity contribution < 1.29 is 19.0 Å². The summed E-state index contributed by atoms with van der Waals surface area (Å²) in [5, 5.41) is 20.1. The number of nitrogens with zero attached hydrogens (tertiary/aromatic N) is 1. The molecule has 0 fully saturated rings. The fourth-order valence-electron chi connectivity index (χ4n) is 1.18. The summed E-state index contributed by atoms with van der Waals surface area (Å²) < 4.78 is 18.6. The van der Waals surface area contributed by atoms with Gasteiger partial charge in [0.15, 0.2) is 5.82 Å². The van der Waals surface area contributed by atoms with Crippen LogP contribution in [0.2, 0.25) is 0 Å². The average molecular weight is 252 g/mol. The fourth-order valence-corrected chi connectivity index (χ4v) is 1.18. The summed E-state index contributed by atoms with van der Waals surface area (Å²) >= 11 is 0. The molecule has 0 aliphatic rings. The van der Waals surface area contributed by atoms with Gasteiger partial charge in [-0.15, -0.1) is 0 Å². The lowest BCUT2D eigenvalue weighted by Gasteiger charge is -2.19. The highest BCUT2D eigenvalue weighted by atomic mass is 19.1. The van der Waals surface area contributed by atoms with Gasteiger partial charge >= 0.3 is 6.09 Å². The third-order valence-electron chi connectivity index (χ3n) is 1.87. The van der Waals surface area contributed by atoms with Crippen molar-refractivity contribution in [2.45, 2.75) is 26.4 Å². The van der Waals surface area contributed by atoms with Crippen molar-refractivity contribution in [2.75, 3.05) is 5.32 Å². The zero-order valence-electron chi connectivity index (χ0n) is 10.2. The highest BCUT2D eigenvalue weighted by Gasteiger charge is 2.19. The number of nitriles is 1. The Labute approximate surface area is 104 Å². The van der Waals surface area contributed by atoms with E-state index in [0.29, 0.717) is 0 Å².